The molecular weight excluding hydrogens is 651 g/mol. The van der Waals surface area contributed by atoms with Crippen molar-refractivity contribution in [2.45, 2.75) is 56.5 Å². The quantitative estimate of drug-likeness (QED) is 0.0978. The van der Waals surface area contributed by atoms with Crippen LogP contribution in [-0.2, 0) is 31.9 Å². The van der Waals surface area contributed by atoms with Crippen molar-refractivity contribution in [2.75, 3.05) is 20.8 Å². The van der Waals surface area contributed by atoms with Crippen LogP contribution in [0.2, 0.25) is 0 Å². The molecule has 0 aliphatic carbocycles. The van der Waals surface area contributed by atoms with Crippen molar-refractivity contribution in [3.63, 3.8) is 0 Å². The minimum atomic E-state index is -0.928. The van der Waals surface area contributed by atoms with Crippen LogP contribution < -0.4 is 10.6 Å². The summed E-state index contributed by atoms with van der Waals surface area (Å²) in [7, 11) is 3.30. The second-order valence-electron chi connectivity index (χ2n) is 12.8. The van der Waals surface area contributed by atoms with Crippen molar-refractivity contribution in [1.29, 1.82) is 0 Å². The van der Waals surface area contributed by atoms with Gasteiger partial charge in [-0.05, 0) is 54.7 Å². The third kappa shape index (κ3) is 7.67. The van der Waals surface area contributed by atoms with Crippen molar-refractivity contribution < 1.29 is 33.7 Å². The average molecular weight is 695 g/mol. The fourth-order valence-electron chi connectivity index (χ4n) is 6.99. The monoisotopic (exact) mass is 694 g/mol. The molecule has 4 heterocycles. The molecule has 6 N–H and O–H groups in total. The SMILES string of the molecule is COC/C=C(\C=C/C(C)OC)C1NC(C(=O)O)CCc2c1[nH]c1ccccc21.O=C(O)C1Cc2c([nH]c3ccccc23)C(c2ccccc2F)N1. The second-order valence-corrected chi connectivity index (χ2v) is 12.8. The molecular formula is C40H43FN4O6. The van der Waals surface area contributed by atoms with E-state index in [9.17, 15) is 24.2 Å². The van der Waals surface area contributed by atoms with E-state index in [1.807, 2.05) is 61.5 Å². The van der Waals surface area contributed by atoms with Gasteiger partial charge in [0, 0.05) is 59.4 Å². The number of H-pyrrole nitrogens is 2. The number of aromatic amines is 2. The summed E-state index contributed by atoms with van der Waals surface area (Å²) in [5.74, 6) is -2.11. The Bertz CT molecular complexity index is 2080. The molecule has 10 nitrogen and oxygen atoms in total. The van der Waals surface area contributed by atoms with E-state index in [4.69, 9.17) is 9.47 Å². The molecule has 3 aromatic carbocycles. The molecule has 2 aliphatic rings. The molecule has 0 fully saturated rings. The number of hydrogen-bond donors (Lipinski definition) is 6. The topological polar surface area (TPSA) is 149 Å². The van der Waals surface area contributed by atoms with E-state index in [-0.39, 0.29) is 18.0 Å². The number of fused-ring (bicyclic) bond motifs is 6. The van der Waals surface area contributed by atoms with E-state index >= 15 is 0 Å². The van der Waals surface area contributed by atoms with E-state index in [0.29, 0.717) is 31.4 Å². The van der Waals surface area contributed by atoms with Crippen LogP contribution in [0.1, 0.15) is 53.5 Å². The first-order valence-electron chi connectivity index (χ1n) is 17.0. The highest BCUT2D eigenvalue weighted by Crippen LogP contribution is 2.37. The van der Waals surface area contributed by atoms with Crippen LogP contribution in [0.3, 0.4) is 0 Å². The average Bonchev–Trinajstić information content (AvgIpc) is 3.64. The summed E-state index contributed by atoms with van der Waals surface area (Å²) >= 11 is 0. The summed E-state index contributed by atoms with van der Waals surface area (Å²) in [6, 6.07) is 20.2. The molecule has 5 aromatic rings. The van der Waals surface area contributed by atoms with Gasteiger partial charge in [0.15, 0.2) is 0 Å². The van der Waals surface area contributed by atoms with Crippen LogP contribution in [0.15, 0.2) is 96.6 Å². The number of para-hydroxylation sites is 2. The fraction of sp³-hybridized carbons (Fsp3) is 0.300. The number of aryl methyl sites for hydroxylation is 1. The van der Waals surface area contributed by atoms with Crippen molar-refractivity contribution in [3.8, 4) is 0 Å². The molecule has 7 rings (SSSR count). The number of aliphatic carboxylic acids is 2. The predicted octanol–water partition coefficient (Wildman–Crippen LogP) is 6.36. The largest absolute Gasteiger partial charge is 0.480 e. The lowest BCUT2D eigenvalue weighted by atomic mass is 9.90. The zero-order chi connectivity index (χ0) is 36.1. The molecule has 51 heavy (non-hydrogen) atoms. The Morgan fingerprint density at radius 3 is 2.14 bits per heavy atom. The van der Waals surface area contributed by atoms with Gasteiger partial charge in [-0.1, -0.05) is 72.8 Å². The Balaban J connectivity index is 0.000000179. The number of ether oxygens (including phenoxy) is 2. The van der Waals surface area contributed by atoms with Gasteiger partial charge in [0.1, 0.15) is 17.9 Å². The van der Waals surface area contributed by atoms with Crippen LogP contribution in [0.5, 0.6) is 0 Å². The summed E-state index contributed by atoms with van der Waals surface area (Å²) in [6.07, 6.45) is 7.51. The van der Waals surface area contributed by atoms with Gasteiger partial charge in [-0.15, -0.1) is 0 Å². The maximum atomic E-state index is 14.3. The second kappa shape index (κ2) is 15.9. The Labute approximate surface area is 295 Å². The first-order chi connectivity index (χ1) is 24.7. The van der Waals surface area contributed by atoms with Crippen LogP contribution in [-0.4, -0.2) is 71.1 Å². The van der Waals surface area contributed by atoms with Crippen molar-refractivity contribution in [2.24, 2.45) is 0 Å². The molecule has 266 valence electrons. The minimum Gasteiger partial charge on any atom is -0.480 e. The summed E-state index contributed by atoms with van der Waals surface area (Å²) in [4.78, 5) is 30.2. The van der Waals surface area contributed by atoms with Gasteiger partial charge >= 0.3 is 11.9 Å². The minimum absolute atomic E-state index is 0.0471. The number of methoxy groups -OCH3 is 2. The Hall–Kier alpha value is -5.07. The number of benzene rings is 3. The first-order valence-corrected chi connectivity index (χ1v) is 17.0. The molecule has 2 aliphatic heterocycles. The molecule has 0 spiro atoms. The Morgan fingerprint density at radius 2 is 1.49 bits per heavy atom. The van der Waals surface area contributed by atoms with E-state index in [1.54, 1.807) is 32.4 Å². The highest BCUT2D eigenvalue weighted by atomic mass is 19.1. The van der Waals surface area contributed by atoms with Gasteiger partial charge in [-0.25, -0.2) is 4.39 Å². The summed E-state index contributed by atoms with van der Waals surface area (Å²) < 4.78 is 24.8. The van der Waals surface area contributed by atoms with Crippen LogP contribution >= 0.6 is 0 Å². The van der Waals surface area contributed by atoms with E-state index in [1.165, 1.54) is 11.6 Å². The Morgan fingerprint density at radius 1 is 0.863 bits per heavy atom. The Kier molecular flexibility index (Phi) is 11.1. The molecule has 2 aromatic heterocycles. The number of halogens is 1. The third-order valence-corrected chi connectivity index (χ3v) is 9.66. The van der Waals surface area contributed by atoms with Crippen molar-refractivity contribution in [1.82, 2.24) is 20.6 Å². The molecule has 0 saturated heterocycles. The van der Waals surface area contributed by atoms with Gasteiger partial charge in [0.2, 0.25) is 0 Å². The fourth-order valence-corrected chi connectivity index (χ4v) is 6.99. The smallest absolute Gasteiger partial charge is 0.321 e. The van der Waals surface area contributed by atoms with Gasteiger partial charge in [-0.3, -0.25) is 20.2 Å². The zero-order valence-corrected chi connectivity index (χ0v) is 28.8. The highest BCUT2D eigenvalue weighted by Gasteiger charge is 2.35. The summed E-state index contributed by atoms with van der Waals surface area (Å²) in [5.41, 5.74) is 7.38. The maximum Gasteiger partial charge on any atom is 0.321 e. The lowest BCUT2D eigenvalue weighted by Crippen LogP contribution is -2.45. The van der Waals surface area contributed by atoms with Crippen molar-refractivity contribution >= 4 is 33.7 Å². The maximum absolute atomic E-state index is 14.3. The lowest BCUT2D eigenvalue weighted by molar-refractivity contribution is -0.140. The molecule has 11 heteroatoms. The van der Waals surface area contributed by atoms with Gasteiger partial charge in [0.25, 0.3) is 0 Å². The normalized spacial score (nSPS) is 21.1. The van der Waals surface area contributed by atoms with Crippen LogP contribution in [0, 0.1) is 5.82 Å². The van der Waals surface area contributed by atoms with Gasteiger partial charge in [-0.2, -0.15) is 0 Å². The number of nitrogens with one attached hydrogen (secondary N) is 4. The number of rotatable bonds is 9. The predicted molar refractivity (Wildman–Crippen MR) is 194 cm³/mol. The number of carboxylic acids is 2. The van der Waals surface area contributed by atoms with Crippen molar-refractivity contribution in [3.05, 3.63) is 130 Å². The van der Waals surface area contributed by atoms with Gasteiger partial charge in [0.05, 0.1) is 24.8 Å². The van der Waals surface area contributed by atoms with Gasteiger partial charge < -0.3 is 29.7 Å². The highest BCUT2D eigenvalue weighted by molar-refractivity contribution is 5.87. The van der Waals surface area contributed by atoms with Crippen LogP contribution in [0.25, 0.3) is 21.8 Å². The standard InChI is InChI=1S/C22H28N2O4.C18H15FN2O2/c1-14(28-3)8-9-15(12-13-27-2)20-21-17(10-11-19(24-20)22(25)26)16-6-4-5-7-18(16)23-21;19-13-7-3-1-6-11(13)16-17-12(9-15(21-16)18(22)23)10-5-2-4-8-14(10)20-17/h4-9,12,14,19-20,23-24H,10-11,13H2,1-3H3,(H,25,26);1-8,15-16,20-21H,9H2,(H,22,23)/b9-8-,15-12+;. The molecule has 0 bridgehead atoms. The number of hydrogen-bond acceptors (Lipinski definition) is 6. The lowest BCUT2D eigenvalue weighted by Gasteiger charge is -2.29. The van der Waals surface area contributed by atoms with E-state index in [2.05, 4.69) is 32.7 Å². The summed E-state index contributed by atoms with van der Waals surface area (Å²) in [5, 5.41) is 27.6. The first kappa shape index (κ1) is 35.7. The third-order valence-electron chi connectivity index (χ3n) is 9.66. The number of carbonyl (C=O) groups is 2. The molecule has 5 unspecified atom stereocenters. The van der Waals surface area contributed by atoms with E-state index < -0.39 is 30.1 Å². The van der Waals surface area contributed by atoms with E-state index in [0.717, 1.165) is 44.3 Å². The van der Waals surface area contributed by atoms with Crippen LogP contribution in [0.4, 0.5) is 4.39 Å². The molecule has 0 amide bonds. The number of aromatic nitrogens is 2. The summed E-state index contributed by atoms with van der Waals surface area (Å²) in [6.45, 7) is 2.39. The zero-order valence-electron chi connectivity index (χ0n) is 28.8. The number of carboxylic acid groups (broad SMARTS) is 2. The molecule has 0 saturated carbocycles. The molecule has 0 radical (unpaired) electrons. The molecule has 5 atom stereocenters.